The van der Waals surface area contributed by atoms with Gasteiger partial charge in [-0.05, 0) is 23.6 Å². The highest BCUT2D eigenvalue weighted by Crippen LogP contribution is 2.09. The Kier molecular flexibility index (Phi) is 3.07. The van der Waals surface area contributed by atoms with E-state index in [2.05, 4.69) is 5.32 Å². The van der Waals surface area contributed by atoms with Crippen LogP contribution in [0.15, 0.2) is 24.3 Å². The molecule has 0 aromatic heterocycles. The van der Waals surface area contributed by atoms with Gasteiger partial charge in [-0.3, -0.25) is 4.79 Å². The monoisotopic (exact) mass is 174 g/mol. The van der Waals surface area contributed by atoms with Crippen LogP contribution >= 0.6 is 0 Å². The second kappa shape index (κ2) is 4.29. The van der Waals surface area contributed by atoms with E-state index in [0.29, 0.717) is 12.2 Å². The van der Waals surface area contributed by atoms with Crippen molar-refractivity contribution in [2.24, 2.45) is 5.73 Å². The van der Waals surface area contributed by atoms with Gasteiger partial charge < -0.3 is 11.1 Å². The summed E-state index contributed by atoms with van der Waals surface area (Å²) in [5.41, 5.74) is 7.05. The Bertz CT molecular complexity index is 352. The van der Waals surface area contributed by atoms with E-state index in [1.807, 2.05) is 18.1 Å². The molecule has 0 fully saturated rings. The first-order valence-electron chi connectivity index (χ1n) is 3.83. The van der Waals surface area contributed by atoms with E-state index in [1.165, 1.54) is 0 Å². The Morgan fingerprint density at radius 3 is 3.00 bits per heavy atom. The number of nitrogens with two attached hydrogens (primary N) is 1. The number of hydrogen-bond acceptors (Lipinski definition) is 2. The molecule has 0 bridgehead atoms. The quantitative estimate of drug-likeness (QED) is 0.649. The molecule has 1 aromatic carbocycles. The van der Waals surface area contributed by atoms with Crippen molar-refractivity contribution in [2.45, 2.75) is 6.54 Å². The zero-order chi connectivity index (χ0) is 9.68. The standard InChI is InChI=1S/C10H10N2O/c1-2-10(13)12-9-5-3-4-8(6-9)7-11/h1,3-6H,7,11H2,(H,12,13). The van der Waals surface area contributed by atoms with E-state index in [9.17, 15) is 4.79 Å². The lowest BCUT2D eigenvalue weighted by atomic mass is 10.2. The fourth-order valence-corrected chi connectivity index (χ4v) is 0.943. The van der Waals surface area contributed by atoms with Crippen LogP contribution in [0.3, 0.4) is 0 Å². The average Bonchev–Trinajstić information content (AvgIpc) is 2.18. The number of rotatable bonds is 2. The Morgan fingerprint density at radius 1 is 1.62 bits per heavy atom. The second-order valence-electron chi connectivity index (χ2n) is 2.50. The molecule has 1 amide bonds. The molecule has 0 aliphatic carbocycles. The highest BCUT2D eigenvalue weighted by atomic mass is 16.1. The number of carbonyl (C=O) groups excluding carboxylic acids is 1. The number of benzene rings is 1. The molecule has 66 valence electrons. The van der Waals surface area contributed by atoms with Crippen molar-refractivity contribution in [3.05, 3.63) is 29.8 Å². The molecular formula is C10H10N2O. The van der Waals surface area contributed by atoms with Crippen molar-refractivity contribution in [3.8, 4) is 12.3 Å². The van der Waals surface area contributed by atoms with Crippen LogP contribution in [-0.4, -0.2) is 5.91 Å². The molecule has 0 aliphatic rings. The Balaban J connectivity index is 2.79. The lowest BCUT2D eigenvalue weighted by Crippen LogP contribution is -2.08. The molecule has 3 N–H and O–H groups in total. The highest BCUT2D eigenvalue weighted by Gasteiger charge is 1.97. The first-order chi connectivity index (χ1) is 6.26. The van der Waals surface area contributed by atoms with Crippen molar-refractivity contribution in [2.75, 3.05) is 5.32 Å². The Labute approximate surface area is 76.9 Å². The van der Waals surface area contributed by atoms with Crippen LogP contribution in [0.25, 0.3) is 0 Å². The van der Waals surface area contributed by atoms with Crippen LogP contribution in [0.5, 0.6) is 0 Å². The first kappa shape index (κ1) is 9.30. The molecule has 0 radical (unpaired) electrons. The first-order valence-corrected chi connectivity index (χ1v) is 3.83. The van der Waals surface area contributed by atoms with Gasteiger partial charge in [-0.2, -0.15) is 0 Å². The van der Waals surface area contributed by atoms with Gasteiger partial charge in [0.05, 0.1) is 0 Å². The molecule has 0 heterocycles. The third kappa shape index (κ3) is 2.62. The number of carbonyl (C=O) groups is 1. The molecule has 13 heavy (non-hydrogen) atoms. The predicted molar refractivity (Wildman–Crippen MR) is 51.8 cm³/mol. The van der Waals surface area contributed by atoms with Crippen LogP contribution < -0.4 is 11.1 Å². The van der Waals surface area contributed by atoms with Gasteiger partial charge >= 0.3 is 0 Å². The molecule has 1 aromatic rings. The number of anilines is 1. The molecule has 0 saturated carbocycles. The van der Waals surface area contributed by atoms with Crippen LogP contribution in [0.4, 0.5) is 5.69 Å². The van der Waals surface area contributed by atoms with Gasteiger partial charge in [0.1, 0.15) is 0 Å². The normalized spacial score (nSPS) is 8.92. The minimum absolute atomic E-state index is 0.444. The van der Waals surface area contributed by atoms with Crippen LogP contribution in [0.2, 0.25) is 0 Å². The zero-order valence-electron chi connectivity index (χ0n) is 7.08. The fraction of sp³-hybridized carbons (Fsp3) is 0.100. The molecule has 0 aliphatic heterocycles. The van der Waals surface area contributed by atoms with E-state index >= 15 is 0 Å². The maximum atomic E-state index is 10.8. The molecule has 0 atom stereocenters. The lowest BCUT2D eigenvalue weighted by molar-refractivity contribution is -0.111. The third-order valence-corrected chi connectivity index (χ3v) is 1.55. The van der Waals surface area contributed by atoms with Crippen molar-refractivity contribution in [1.82, 2.24) is 0 Å². The summed E-state index contributed by atoms with van der Waals surface area (Å²) >= 11 is 0. The van der Waals surface area contributed by atoms with Crippen molar-refractivity contribution < 1.29 is 4.79 Å². The van der Waals surface area contributed by atoms with Crippen molar-refractivity contribution in [3.63, 3.8) is 0 Å². The largest absolute Gasteiger partial charge is 0.326 e. The lowest BCUT2D eigenvalue weighted by Gasteiger charge is -2.02. The van der Waals surface area contributed by atoms with E-state index in [-0.39, 0.29) is 0 Å². The second-order valence-corrected chi connectivity index (χ2v) is 2.50. The SMILES string of the molecule is C#CC(=O)Nc1cccc(CN)c1. The topological polar surface area (TPSA) is 55.1 Å². The van der Waals surface area contributed by atoms with Gasteiger partial charge in [0.15, 0.2) is 0 Å². The van der Waals surface area contributed by atoms with Crippen LogP contribution in [0, 0.1) is 12.3 Å². The molecule has 0 unspecified atom stereocenters. The summed E-state index contributed by atoms with van der Waals surface area (Å²) in [5.74, 6) is 1.52. The summed E-state index contributed by atoms with van der Waals surface area (Å²) in [5, 5.41) is 2.54. The van der Waals surface area contributed by atoms with Crippen LogP contribution in [-0.2, 0) is 11.3 Å². The van der Waals surface area contributed by atoms with Crippen LogP contribution in [0.1, 0.15) is 5.56 Å². The number of hydrogen-bond donors (Lipinski definition) is 2. The third-order valence-electron chi connectivity index (χ3n) is 1.55. The molecule has 3 nitrogen and oxygen atoms in total. The summed E-state index contributed by atoms with van der Waals surface area (Å²) in [4.78, 5) is 10.8. The molecule has 3 heteroatoms. The smallest absolute Gasteiger partial charge is 0.300 e. The summed E-state index contributed by atoms with van der Waals surface area (Å²) in [6.45, 7) is 0.444. The van der Waals surface area contributed by atoms with Gasteiger partial charge in [0.2, 0.25) is 0 Å². The minimum Gasteiger partial charge on any atom is -0.326 e. The Hall–Kier alpha value is -1.79. The average molecular weight is 174 g/mol. The van der Waals surface area contributed by atoms with Gasteiger partial charge in [-0.15, -0.1) is 6.42 Å². The summed E-state index contributed by atoms with van der Waals surface area (Å²) in [6.07, 6.45) is 4.90. The molecule has 0 saturated heterocycles. The molecular weight excluding hydrogens is 164 g/mol. The maximum absolute atomic E-state index is 10.8. The number of nitrogens with one attached hydrogen (secondary N) is 1. The van der Waals surface area contributed by atoms with Gasteiger partial charge in [-0.1, -0.05) is 12.1 Å². The van der Waals surface area contributed by atoms with E-state index in [0.717, 1.165) is 5.56 Å². The van der Waals surface area contributed by atoms with E-state index in [4.69, 9.17) is 12.2 Å². The number of terminal acetylenes is 1. The predicted octanol–water partition coefficient (Wildman–Crippen LogP) is 0.717. The molecule has 0 spiro atoms. The minimum atomic E-state index is -0.450. The molecule has 1 rings (SSSR count). The van der Waals surface area contributed by atoms with E-state index in [1.54, 1.807) is 12.1 Å². The summed E-state index contributed by atoms with van der Waals surface area (Å²) < 4.78 is 0. The van der Waals surface area contributed by atoms with Gasteiger partial charge in [-0.25, -0.2) is 0 Å². The Morgan fingerprint density at radius 2 is 2.38 bits per heavy atom. The van der Waals surface area contributed by atoms with Gasteiger partial charge in [0.25, 0.3) is 5.91 Å². The highest BCUT2D eigenvalue weighted by molar-refractivity contribution is 6.03. The zero-order valence-corrected chi connectivity index (χ0v) is 7.08. The van der Waals surface area contributed by atoms with Crippen molar-refractivity contribution in [1.29, 1.82) is 0 Å². The van der Waals surface area contributed by atoms with Crippen molar-refractivity contribution >= 4 is 11.6 Å². The van der Waals surface area contributed by atoms with E-state index < -0.39 is 5.91 Å². The summed E-state index contributed by atoms with van der Waals surface area (Å²) in [7, 11) is 0. The maximum Gasteiger partial charge on any atom is 0.300 e. The fourth-order valence-electron chi connectivity index (χ4n) is 0.943. The van der Waals surface area contributed by atoms with Gasteiger partial charge in [0, 0.05) is 12.2 Å². The number of amides is 1. The summed E-state index contributed by atoms with van der Waals surface area (Å²) in [6, 6.07) is 7.24.